The number of nitrogens with zero attached hydrogens (tertiary/aromatic N) is 2. The highest BCUT2D eigenvalue weighted by Gasteiger charge is 2.36. The number of hydrogen-bond acceptors (Lipinski definition) is 6. The lowest BCUT2D eigenvalue weighted by molar-refractivity contribution is -0.122. The zero-order valence-electron chi connectivity index (χ0n) is 13.0. The van der Waals surface area contributed by atoms with Crippen LogP contribution in [0.4, 0.5) is 10.8 Å². The highest BCUT2D eigenvalue weighted by molar-refractivity contribution is 7.14. The van der Waals surface area contributed by atoms with Gasteiger partial charge in [-0.3, -0.25) is 9.59 Å². The molecule has 2 aromatic rings. The fourth-order valence-corrected chi connectivity index (χ4v) is 3.76. The molecule has 2 amide bonds. The van der Waals surface area contributed by atoms with Crippen molar-refractivity contribution >= 4 is 45.6 Å². The number of halogens is 1. The van der Waals surface area contributed by atoms with Gasteiger partial charge in [-0.2, -0.15) is 0 Å². The van der Waals surface area contributed by atoms with Gasteiger partial charge in [0.15, 0.2) is 16.6 Å². The van der Waals surface area contributed by atoms with E-state index in [-0.39, 0.29) is 25.0 Å². The summed E-state index contributed by atoms with van der Waals surface area (Å²) in [5.41, 5.74) is 1.41. The Morgan fingerprint density at radius 1 is 1.40 bits per heavy atom. The van der Waals surface area contributed by atoms with Crippen LogP contribution in [0.15, 0.2) is 23.6 Å². The molecule has 2 aliphatic rings. The number of rotatable bonds is 4. The number of fused-ring (bicyclic) bond motifs is 1. The molecule has 0 saturated carbocycles. The summed E-state index contributed by atoms with van der Waals surface area (Å²) < 4.78 is 10.6. The number of ether oxygens (including phenoxy) is 2. The van der Waals surface area contributed by atoms with Crippen LogP contribution in [0, 0.1) is 5.92 Å². The molecule has 4 rings (SSSR count). The van der Waals surface area contributed by atoms with Gasteiger partial charge >= 0.3 is 0 Å². The molecule has 1 fully saturated rings. The minimum Gasteiger partial charge on any atom is -0.454 e. The summed E-state index contributed by atoms with van der Waals surface area (Å²) in [4.78, 5) is 30.6. The number of aromatic nitrogens is 1. The van der Waals surface area contributed by atoms with E-state index in [2.05, 4.69) is 10.3 Å². The van der Waals surface area contributed by atoms with Crippen LogP contribution < -0.4 is 19.7 Å². The lowest BCUT2D eigenvalue weighted by Crippen LogP contribution is -2.28. The van der Waals surface area contributed by atoms with Crippen LogP contribution in [-0.2, 0) is 15.5 Å². The van der Waals surface area contributed by atoms with E-state index in [1.165, 1.54) is 11.3 Å². The third-order valence-corrected chi connectivity index (χ3v) is 5.16. The van der Waals surface area contributed by atoms with E-state index >= 15 is 0 Å². The van der Waals surface area contributed by atoms with Crippen LogP contribution in [0.1, 0.15) is 12.1 Å². The number of benzene rings is 1. The highest BCUT2D eigenvalue weighted by atomic mass is 35.5. The fourth-order valence-electron chi connectivity index (χ4n) is 2.82. The molecule has 2 aliphatic heterocycles. The lowest BCUT2D eigenvalue weighted by atomic mass is 10.1. The normalized spacial score (nSPS) is 18.7. The Balaban J connectivity index is 1.45. The summed E-state index contributed by atoms with van der Waals surface area (Å²) >= 11 is 7.03. The molecule has 25 heavy (non-hydrogen) atoms. The standard InChI is InChI=1S/C16H14ClN3O4S/c17-5-10-7-25-16(18-10)19-15(22)9-3-14(21)20(6-9)11-1-2-12-13(4-11)24-8-23-12/h1-2,4,7,9H,3,5-6,8H2,(H,18,19,22). The second kappa shape index (κ2) is 6.53. The minimum atomic E-state index is -0.429. The maximum atomic E-state index is 12.4. The first-order valence-corrected chi connectivity index (χ1v) is 9.06. The second-order valence-electron chi connectivity index (χ2n) is 5.71. The summed E-state index contributed by atoms with van der Waals surface area (Å²) in [7, 11) is 0. The molecule has 7 nitrogen and oxygen atoms in total. The van der Waals surface area contributed by atoms with E-state index in [4.69, 9.17) is 21.1 Å². The summed E-state index contributed by atoms with van der Waals surface area (Å²) in [5, 5.41) is 5.05. The van der Waals surface area contributed by atoms with Gasteiger partial charge in [-0.15, -0.1) is 22.9 Å². The molecule has 9 heteroatoms. The van der Waals surface area contributed by atoms with Crippen molar-refractivity contribution in [3.05, 3.63) is 29.3 Å². The summed E-state index contributed by atoms with van der Waals surface area (Å²) in [6.45, 7) is 0.494. The predicted molar refractivity (Wildman–Crippen MR) is 93.3 cm³/mol. The van der Waals surface area contributed by atoms with Gasteiger partial charge in [-0.1, -0.05) is 0 Å². The van der Waals surface area contributed by atoms with Crippen LogP contribution in [0.2, 0.25) is 0 Å². The van der Waals surface area contributed by atoms with Gasteiger partial charge in [-0.05, 0) is 12.1 Å². The van der Waals surface area contributed by atoms with E-state index < -0.39 is 5.92 Å². The lowest BCUT2D eigenvalue weighted by Gasteiger charge is -2.17. The Bertz CT molecular complexity index is 841. The molecule has 3 heterocycles. The molecule has 1 aromatic carbocycles. The van der Waals surface area contributed by atoms with Crippen LogP contribution in [0.25, 0.3) is 0 Å². The minimum absolute atomic E-state index is 0.0976. The van der Waals surface area contributed by atoms with E-state index in [1.807, 2.05) is 0 Å². The molecule has 1 aromatic heterocycles. The average Bonchev–Trinajstić information content (AvgIpc) is 3.33. The topological polar surface area (TPSA) is 80.8 Å². The first-order valence-electron chi connectivity index (χ1n) is 7.65. The van der Waals surface area contributed by atoms with Crippen molar-refractivity contribution in [3.8, 4) is 11.5 Å². The van der Waals surface area contributed by atoms with Crippen molar-refractivity contribution in [2.24, 2.45) is 5.92 Å². The SMILES string of the molecule is O=C(Nc1nc(CCl)cs1)C1CC(=O)N(c2ccc3c(c2)OCO3)C1. The predicted octanol–water partition coefficient (Wildman–Crippen LogP) is 2.60. The van der Waals surface area contributed by atoms with E-state index in [0.29, 0.717) is 40.4 Å². The molecule has 1 N–H and O–H groups in total. The van der Waals surface area contributed by atoms with Crippen molar-refractivity contribution in [3.63, 3.8) is 0 Å². The Morgan fingerprint density at radius 3 is 3.04 bits per heavy atom. The Hall–Kier alpha value is -2.32. The van der Waals surface area contributed by atoms with Gasteiger partial charge < -0.3 is 19.7 Å². The van der Waals surface area contributed by atoms with Crippen LogP contribution >= 0.6 is 22.9 Å². The number of nitrogens with one attached hydrogen (secondary N) is 1. The summed E-state index contributed by atoms with van der Waals surface area (Å²) in [6, 6.07) is 5.31. The number of alkyl halides is 1. The number of thiazole rings is 1. The molecule has 1 saturated heterocycles. The molecule has 1 unspecified atom stereocenters. The number of amides is 2. The monoisotopic (exact) mass is 379 g/mol. The van der Waals surface area contributed by atoms with E-state index in [1.54, 1.807) is 28.5 Å². The Morgan fingerprint density at radius 2 is 2.24 bits per heavy atom. The van der Waals surface area contributed by atoms with Gasteiger partial charge in [0.2, 0.25) is 18.6 Å². The molecular weight excluding hydrogens is 366 g/mol. The molecule has 130 valence electrons. The molecule has 0 bridgehead atoms. The molecular formula is C16H14ClN3O4S. The third kappa shape index (κ3) is 3.14. The van der Waals surface area contributed by atoms with Crippen molar-refractivity contribution in [2.75, 3.05) is 23.6 Å². The van der Waals surface area contributed by atoms with E-state index in [9.17, 15) is 9.59 Å². The Kier molecular flexibility index (Phi) is 4.22. The first-order chi connectivity index (χ1) is 12.1. The summed E-state index contributed by atoms with van der Waals surface area (Å²) in [6.07, 6.45) is 0.161. The zero-order chi connectivity index (χ0) is 17.4. The van der Waals surface area contributed by atoms with Crippen LogP contribution in [-0.4, -0.2) is 30.1 Å². The largest absolute Gasteiger partial charge is 0.454 e. The molecule has 0 radical (unpaired) electrons. The van der Waals surface area contributed by atoms with Gasteiger partial charge in [0.25, 0.3) is 0 Å². The second-order valence-corrected chi connectivity index (χ2v) is 6.84. The van der Waals surface area contributed by atoms with Gasteiger partial charge in [0.05, 0.1) is 17.5 Å². The van der Waals surface area contributed by atoms with Crippen molar-refractivity contribution in [1.29, 1.82) is 0 Å². The zero-order valence-corrected chi connectivity index (χ0v) is 14.6. The van der Waals surface area contributed by atoms with Crippen LogP contribution in [0.5, 0.6) is 11.5 Å². The quantitative estimate of drug-likeness (QED) is 0.826. The first kappa shape index (κ1) is 16.2. The van der Waals surface area contributed by atoms with Gasteiger partial charge in [0.1, 0.15) is 0 Å². The van der Waals surface area contributed by atoms with Crippen molar-refractivity contribution in [2.45, 2.75) is 12.3 Å². The number of hydrogen-bond donors (Lipinski definition) is 1. The molecule has 0 aliphatic carbocycles. The van der Waals surface area contributed by atoms with Gasteiger partial charge in [-0.25, -0.2) is 4.98 Å². The average molecular weight is 380 g/mol. The number of carbonyl (C=O) groups is 2. The third-order valence-electron chi connectivity index (χ3n) is 4.08. The fraction of sp³-hybridized carbons (Fsp3) is 0.312. The Labute approximate surface area is 152 Å². The van der Waals surface area contributed by atoms with Crippen molar-refractivity contribution < 1.29 is 19.1 Å². The van der Waals surface area contributed by atoms with E-state index in [0.717, 1.165) is 0 Å². The number of carbonyl (C=O) groups excluding carboxylic acids is 2. The molecule has 0 spiro atoms. The van der Waals surface area contributed by atoms with Gasteiger partial charge in [0, 0.05) is 30.1 Å². The highest BCUT2D eigenvalue weighted by Crippen LogP contribution is 2.37. The molecule has 1 atom stereocenters. The van der Waals surface area contributed by atoms with Crippen molar-refractivity contribution in [1.82, 2.24) is 4.98 Å². The summed E-state index contributed by atoms with van der Waals surface area (Å²) in [5.74, 6) is 0.817. The van der Waals surface area contributed by atoms with Crippen LogP contribution in [0.3, 0.4) is 0 Å². The smallest absolute Gasteiger partial charge is 0.231 e. The number of anilines is 2. The maximum Gasteiger partial charge on any atom is 0.231 e. The maximum absolute atomic E-state index is 12.4.